The molecule has 2 heterocycles. The Kier molecular flexibility index (Phi) is 11.1. The summed E-state index contributed by atoms with van der Waals surface area (Å²) >= 11 is 0. The molecule has 0 bridgehead atoms. The Bertz CT molecular complexity index is 1070. The lowest BCUT2D eigenvalue weighted by Gasteiger charge is -2.28. The van der Waals surface area contributed by atoms with Crippen LogP contribution in [0.5, 0.6) is 0 Å². The van der Waals surface area contributed by atoms with Gasteiger partial charge in [0.1, 0.15) is 0 Å². The van der Waals surface area contributed by atoms with Gasteiger partial charge in [-0.3, -0.25) is 14.4 Å². The molecule has 0 radical (unpaired) electrons. The van der Waals surface area contributed by atoms with E-state index in [1.165, 1.54) is 5.56 Å². The maximum absolute atomic E-state index is 12.9. The molecule has 3 amide bonds. The second kappa shape index (κ2) is 14.5. The van der Waals surface area contributed by atoms with E-state index >= 15 is 0 Å². The summed E-state index contributed by atoms with van der Waals surface area (Å²) in [5.41, 5.74) is 3.63. The van der Waals surface area contributed by atoms with Crippen LogP contribution in [0.25, 0.3) is 11.1 Å². The van der Waals surface area contributed by atoms with E-state index in [-0.39, 0.29) is 35.9 Å². The number of likely N-dealkylation sites (tertiary alicyclic amines) is 1. The molecule has 1 fully saturated rings. The standard InChI is InChI=1S/C29H41N5O3/c1-4-6-7-8-13-31-29(37)28-25(17-24(19-32-28)23-11-9-10-21(5-2)15-23)33-26(35)20-30-18-22-12-14-34(3)27(36)16-22/h9-11,15,17,19,22,30H,4-8,12-14,16,18,20H2,1-3H3,(H,31,37)(H,33,35). The van der Waals surface area contributed by atoms with Crippen LogP contribution in [0.2, 0.25) is 0 Å². The Morgan fingerprint density at radius 1 is 1.11 bits per heavy atom. The SMILES string of the molecule is CCCCCCNC(=O)c1ncc(-c2cccc(CC)c2)cc1NC(=O)CNCC1CCN(C)C(=O)C1. The normalized spacial score (nSPS) is 15.5. The fourth-order valence-electron chi connectivity index (χ4n) is 4.47. The van der Waals surface area contributed by atoms with Crippen LogP contribution >= 0.6 is 0 Å². The summed E-state index contributed by atoms with van der Waals surface area (Å²) in [7, 11) is 1.82. The molecule has 1 saturated heterocycles. The molecule has 0 aliphatic carbocycles. The third kappa shape index (κ3) is 8.67. The predicted molar refractivity (Wildman–Crippen MR) is 147 cm³/mol. The van der Waals surface area contributed by atoms with Gasteiger partial charge in [-0.1, -0.05) is 57.4 Å². The topological polar surface area (TPSA) is 103 Å². The number of aryl methyl sites for hydroxylation is 1. The van der Waals surface area contributed by atoms with E-state index in [9.17, 15) is 14.4 Å². The van der Waals surface area contributed by atoms with E-state index in [0.717, 1.165) is 56.2 Å². The van der Waals surface area contributed by atoms with Crippen LogP contribution in [0.15, 0.2) is 36.5 Å². The largest absolute Gasteiger partial charge is 0.351 e. The highest BCUT2D eigenvalue weighted by molar-refractivity contribution is 6.03. The van der Waals surface area contributed by atoms with E-state index in [0.29, 0.717) is 25.2 Å². The van der Waals surface area contributed by atoms with Gasteiger partial charge in [-0.2, -0.15) is 0 Å². The maximum Gasteiger partial charge on any atom is 0.272 e. The Morgan fingerprint density at radius 2 is 1.95 bits per heavy atom. The molecule has 3 N–H and O–H groups in total. The van der Waals surface area contributed by atoms with Crippen molar-refractivity contribution in [3.63, 3.8) is 0 Å². The first-order chi connectivity index (χ1) is 17.9. The van der Waals surface area contributed by atoms with Gasteiger partial charge in [-0.15, -0.1) is 0 Å². The molecular formula is C29H41N5O3. The molecule has 3 rings (SSSR count). The monoisotopic (exact) mass is 507 g/mol. The second-order valence-electron chi connectivity index (χ2n) is 9.84. The van der Waals surface area contributed by atoms with Crippen molar-refractivity contribution in [2.45, 2.75) is 58.8 Å². The highest BCUT2D eigenvalue weighted by Crippen LogP contribution is 2.25. The van der Waals surface area contributed by atoms with E-state index in [4.69, 9.17) is 0 Å². The number of rotatable bonds is 13. The van der Waals surface area contributed by atoms with Crippen molar-refractivity contribution in [2.24, 2.45) is 5.92 Å². The number of anilines is 1. The number of hydrogen-bond donors (Lipinski definition) is 3. The molecular weight excluding hydrogens is 466 g/mol. The number of hydrogen-bond acceptors (Lipinski definition) is 5. The van der Waals surface area contributed by atoms with Crippen molar-refractivity contribution < 1.29 is 14.4 Å². The molecule has 1 aromatic heterocycles. The Balaban J connectivity index is 1.68. The molecule has 0 saturated carbocycles. The predicted octanol–water partition coefficient (Wildman–Crippen LogP) is 4.02. The van der Waals surface area contributed by atoms with Crippen molar-refractivity contribution >= 4 is 23.4 Å². The van der Waals surface area contributed by atoms with Crippen molar-refractivity contribution in [1.82, 2.24) is 20.5 Å². The van der Waals surface area contributed by atoms with Crippen molar-refractivity contribution in [3.8, 4) is 11.1 Å². The average molecular weight is 508 g/mol. The van der Waals surface area contributed by atoms with E-state index in [2.05, 4.69) is 46.9 Å². The van der Waals surface area contributed by atoms with E-state index < -0.39 is 0 Å². The Labute approximate surface area is 220 Å². The van der Waals surface area contributed by atoms with Crippen LogP contribution in [-0.4, -0.2) is 60.8 Å². The number of aromatic nitrogens is 1. The maximum atomic E-state index is 12.9. The zero-order chi connectivity index (χ0) is 26.6. The van der Waals surface area contributed by atoms with Crippen molar-refractivity contribution in [2.75, 3.05) is 38.5 Å². The van der Waals surface area contributed by atoms with Crippen molar-refractivity contribution in [3.05, 3.63) is 47.8 Å². The quantitative estimate of drug-likeness (QED) is 0.356. The number of nitrogens with one attached hydrogen (secondary N) is 3. The fourth-order valence-corrected chi connectivity index (χ4v) is 4.47. The molecule has 1 aliphatic rings. The highest BCUT2D eigenvalue weighted by atomic mass is 16.2. The third-order valence-electron chi connectivity index (χ3n) is 6.84. The van der Waals surface area contributed by atoms with Gasteiger partial charge in [0, 0.05) is 38.3 Å². The molecule has 1 aliphatic heterocycles. The minimum absolute atomic E-state index is 0.0914. The highest BCUT2D eigenvalue weighted by Gasteiger charge is 2.23. The average Bonchev–Trinajstić information content (AvgIpc) is 2.90. The molecule has 1 aromatic carbocycles. The zero-order valence-corrected chi connectivity index (χ0v) is 22.4. The van der Waals surface area contributed by atoms with Gasteiger partial charge in [-0.05, 0) is 48.9 Å². The zero-order valence-electron chi connectivity index (χ0n) is 22.4. The Morgan fingerprint density at radius 3 is 2.70 bits per heavy atom. The van der Waals surface area contributed by atoms with Crippen LogP contribution in [0.1, 0.15) is 68.4 Å². The summed E-state index contributed by atoms with van der Waals surface area (Å²) in [6, 6.07) is 9.99. The lowest BCUT2D eigenvalue weighted by atomic mass is 9.96. The number of unbranched alkanes of at least 4 members (excludes halogenated alkanes) is 3. The van der Waals surface area contributed by atoms with Gasteiger partial charge >= 0.3 is 0 Å². The third-order valence-corrected chi connectivity index (χ3v) is 6.84. The van der Waals surface area contributed by atoms with Crippen molar-refractivity contribution in [1.29, 1.82) is 0 Å². The minimum Gasteiger partial charge on any atom is -0.351 e. The first kappa shape index (κ1) is 28.3. The van der Waals surface area contributed by atoms with Crippen LogP contribution in [-0.2, 0) is 16.0 Å². The van der Waals surface area contributed by atoms with Crippen LogP contribution in [0.4, 0.5) is 5.69 Å². The number of pyridine rings is 1. The second-order valence-corrected chi connectivity index (χ2v) is 9.84. The molecule has 2 aromatic rings. The number of piperidine rings is 1. The molecule has 37 heavy (non-hydrogen) atoms. The van der Waals surface area contributed by atoms with Crippen LogP contribution < -0.4 is 16.0 Å². The number of carbonyl (C=O) groups is 3. The van der Waals surface area contributed by atoms with Gasteiger partial charge in [0.2, 0.25) is 11.8 Å². The minimum atomic E-state index is -0.293. The number of benzene rings is 1. The Hall–Kier alpha value is -3.26. The molecule has 8 nitrogen and oxygen atoms in total. The fraction of sp³-hybridized carbons (Fsp3) is 0.517. The molecule has 1 unspecified atom stereocenters. The summed E-state index contributed by atoms with van der Waals surface area (Å²) in [6.07, 6.45) is 8.26. The lowest BCUT2D eigenvalue weighted by molar-refractivity contribution is -0.133. The first-order valence-corrected chi connectivity index (χ1v) is 13.5. The number of carbonyl (C=O) groups excluding carboxylic acids is 3. The molecule has 0 spiro atoms. The summed E-state index contributed by atoms with van der Waals surface area (Å²) in [5.74, 6) is -0.180. The van der Waals surface area contributed by atoms with Gasteiger partial charge in [0.25, 0.3) is 5.91 Å². The smallest absolute Gasteiger partial charge is 0.272 e. The van der Waals surface area contributed by atoms with E-state index in [1.54, 1.807) is 11.1 Å². The van der Waals surface area contributed by atoms with Crippen LogP contribution in [0, 0.1) is 5.92 Å². The van der Waals surface area contributed by atoms with Crippen LogP contribution in [0.3, 0.4) is 0 Å². The van der Waals surface area contributed by atoms with Gasteiger partial charge in [-0.25, -0.2) is 4.98 Å². The molecule has 1 atom stereocenters. The first-order valence-electron chi connectivity index (χ1n) is 13.5. The number of nitrogens with zero attached hydrogens (tertiary/aromatic N) is 2. The van der Waals surface area contributed by atoms with Gasteiger partial charge < -0.3 is 20.9 Å². The summed E-state index contributed by atoms with van der Waals surface area (Å²) < 4.78 is 0. The summed E-state index contributed by atoms with van der Waals surface area (Å²) in [6.45, 7) is 6.26. The molecule has 200 valence electrons. The molecule has 8 heteroatoms. The summed E-state index contributed by atoms with van der Waals surface area (Å²) in [4.78, 5) is 43.9. The van der Waals surface area contributed by atoms with Gasteiger partial charge in [0.05, 0.1) is 12.2 Å². The van der Waals surface area contributed by atoms with Gasteiger partial charge in [0.15, 0.2) is 5.69 Å². The summed E-state index contributed by atoms with van der Waals surface area (Å²) in [5, 5.41) is 9.00. The van der Waals surface area contributed by atoms with E-state index in [1.807, 2.05) is 25.2 Å². The number of amides is 3. The lowest BCUT2D eigenvalue weighted by Crippen LogP contribution is -2.40.